The first-order valence-electron chi connectivity index (χ1n) is 12.4. The fourth-order valence-electron chi connectivity index (χ4n) is 4.03. The van der Waals surface area contributed by atoms with E-state index < -0.39 is 0 Å². The van der Waals surface area contributed by atoms with Gasteiger partial charge in [0.05, 0.1) is 27.4 Å². The Balaban J connectivity index is 1.83. The highest BCUT2D eigenvalue weighted by molar-refractivity contribution is 9.10. The Labute approximate surface area is 237 Å². The van der Waals surface area contributed by atoms with Crippen LogP contribution >= 0.6 is 27.7 Å². The van der Waals surface area contributed by atoms with Gasteiger partial charge in [-0.05, 0) is 120 Å². The first kappa shape index (κ1) is 27.7. The summed E-state index contributed by atoms with van der Waals surface area (Å²) in [5, 5.41) is 0.624. The van der Waals surface area contributed by atoms with Crippen LogP contribution in [0.15, 0.2) is 75.6 Å². The molecular weight excluding hydrogens is 560 g/mol. The summed E-state index contributed by atoms with van der Waals surface area (Å²) in [4.78, 5) is 21.2. The van der Waals surface area contributed by atoms with E-state index in [4.69, 9.17) is 14.5 Å². The number of amides is 1. The number of thioether (sulfide) groups is 1. The Bertz CT molecular complexity index is 1460. The van der Waals surface area contributed by atoms with E-state index in [0.29, 0.717) is 34.8 Å². The zero-order chi connectivity index (χ0) is 27.4. The van der Waals surface area contributed by atoms with E-state index in [0.717, 1.165) is 43.7 Å². The number of benzene rings is 3. The van der Waals surface area contributed by atoms with Gasteiger partial charge in [-0.1, -0.05) is 36.9 Å². The molecule has 0 aromatic heterocycles. The number of ether oxygens (including phenoxy) is 2. The van der Waals surface area contributed by atoms with Crippen molar-refractivity contribution in [1.82, 2.24) is 0 Å². The van der Waals surface area contributed by atoms with Crippen molar-refractivity contribution < 1.29 is 14.3 Å². The lowest BCUT2D eigenvalue weighted by Crippen LogP contribution is -2.29. The van der Waals surface area contributed by atoms with Crippen LogP contribution in [-0.2, 0) is 4.79 Å². The molecule has 1 aliphatic rings. The standard InChI is InChI=1S/C31H31BrN2O3S/c1-7-13-37-29-24(32)16-23(17-27(29)36-8-2)18-28-30(35)34(26-15-20(4)10-12-22(26)6)31(38-28)33-25-14-19(3)9-11-21(25)5/h7,9-12,14-18H,1,8,13H2,2-6H3/b28-18+,33-31?. The van der Waals surface area contributed by atoms with Gasteiger partial charge >= 0.3 is 0 Å². The summed E-state index contributed by atoms with van der Waals surface area (Å²) in [7, 11) is 0. The Hall–Kier alpha value is -3.29. The molecule has 0 radical (unpaired) electrons. The molecule has 38 heavy (non-hydrogen) atoms. The third-order valence-electron chi connectivity index (χ3n) is 5.97. The highest BCUT2D eigenvalue weighted by Gasteiger charge is 2.36. The van der Waals surface area contributed by atoms with E-state index in [2.05, 4.69) is 34.6 Å². The van der Waals surface area contributed by atoms with E-state index in [1.165, 1.54) is 11.8 Å². The van der Waals surface area contributed by atoms with E-state index in [1.54, 1.807) is 11.0 Å². The van der Waals surface area contributed by atoms with Crippen molar-refractivity contribution in [1.29, 1.82) is 0 Å². The van der Waals surface area contributed by atoms with Crippen LogP contribution < -0.4 is 14.4 Å². The highest BCUT2D eigenvalue weighted by Crippen LogP contribution is 2.42. The van der Waals surface area contributed by atoms with Gasteiger partial charge in [0.25, 0.3) is 5.91 Å². The summed E-state index contributed by atoms with van der Waals surface area (Å²) in [6, 6.07) is 16.1. The van der Waals surface area contributed by atoms with Crippen LogP contribution in [0.4, 0.5) is 11.4 Å². The minimum Gasteiger partial charge on any atom is -0.490 e. The van der Waals surface area contributed by atoms with Gasteiger partial charge in [-0.25, -0.2) is 4.99 Å². The normalized spacial score (nSPS) is 15.4. The summed E-state index contributed by atoms with van der Waals surface area (Å²) in [5.41, 5.74) is 6.74. The average Bonchev–Trinajstić information content (AvgIpc) is 3.16. The first-order valence-corrected chi connectivity index (χ1v) is 14.0. The van der Waals surface area contributed by atoms with Gasteiger partial charge < -0.3 is 9.47 Å². The van der Waals surface area contributed by atoms with Gasteiger partial charge in [0, 0.05) is 0 Å². The predicted octanol–water partition coefficient (Wildman–Crippen LogP) is 8.45. The number of hydrogen-bond acceptors (Lipinski definition) is 5. The quantitative estimate of drug-likeness (QED) is 0.195. The molecule has 0 bridgehead atoms. The van der Waals surface area contributed by atoms with Crippen LogP contribution in [0, 0.1) is 27.7 Å². The fourth-order valence-corrected chi connectivity index (χ4v) is 5.59. The summed E-state index contributed by atoms with van der Waals surface area (Å²) >= 11 is 4.98. The summed E-state index contributed by atoms with van der Waals surface area (Å²) < 4.78 is 12.4. The number of rotatable bonds is 8. The number of amidine groups is 1. The lowest BCUT2D eigenvalue weighted by molar-refractivity contribution is -0.113. The van der Waals surface area contributed by atoms with Crippen LogP contribution in [0.2, 0.25) is 0 Å². The predicted molar refractivity (Wildman–Crippen MR) is 163 cm³/mol. The molecule has 3 aromatic carbocycles. The molecule has 0 unspecified atom stereocenters. The monoisotopic (exact) mass is 590 g/mol. The van der Waals surface area contributed by atoms with Crippen molar-refractivity contribution in [2.24, 2.45) is 4.99 Å². The third kappa shape index (κ3) is 6.05. The van der Waals surface area contributed by atoms with Gasteiger partial charge in [0.2, 0.25) is 0 Å². The van der Waals surface area contributed by atoms with Gasteiger partial charge in [0.1, 0.15) is 6.61 Å². The zero-order valence-corrected chi connectivity index (χ0v) is 24.7. The smallest absolute Gasteiger partial charge is 0.271 e. The molecule has 1 heterocycles. The number of aryl methyl sites for hydroxylation is 4. The van der Waals surface area contributed by atoms with Crippen LogP contribution in [0.5, 0.6) is 11.5 Å². The molecule has 1 fully saturated rings. The number of aliphatic imine (C=N–C) groups is 1. The van der Waals surface area contributed by atoms with E-state index in [1.807, 2.05) is 77.1 Å². The zero-order valence-electron chi connectivity index (χ0n) is 22.3. The molecule has 7 heteroatoms. The lowest BCUT2D eigenvalue weighted by Gasteiger charge is -2.19. The van der Waals surface area contributed by atoms with Crippen LogP contribution in [-0.4, -0.2) is 24.3 Å². The molecule has 0 aliphatic carbocycles. The average molecular weight is 592 g/mol. The number of anilines is 1. The van der Waals surface area contributed by atoms with Crippen molar-refractivity contribution in [3.63, 3.8) is 0 Å². The van der Waals surface area contributed by atoms with Crippen molar-refractivity contribution in [3.8, 4) is 11.5 Å². The molecule has 1 amide bonds. The van der Waals surface area contributed by atoms with Crippen molar-refractivity contribution >= 4 is 56.2 Å². The number of nitrogens with zero attached hydrogens (tertiary/aromatic N) is 2. The molecule has 0 saturated carbocycles. The first-order chi connectivity index (χ1) is 18.2. The summed E-state index contributed by atoms with van der Waals surface area (Å²) in [5.74, 6) is 1.09. The molecule has 0 spiro atoms. The van der Waals surface area contributed by atoms with Crippen LogP contribution in [0.1, 0.15) is 34.7 Å². The second kappa shape index (κ2) is 12.0. The molecular formula is C31H31BrN2O3S. The maximum atomic E-state index is 13.9. The van der Waals surface area contributed by atoms with Crippen LogP contribution in [0.3, 0.4) is 0 Å². The molecule has 1 aliphatic heterocycles. The molecule has 5 nitrogen and oxygen atoms in total. The molecule has 1 saturated heterocycles. The maximum absolute atomic E-state index is 13.9. The second-order valence-corrected chi connectivity index (χ2v) is 11.0. The van der Waals surface area contributed by atoms with Gasteiger partial charge in [-0.15, -0.1) is 0 Å². The van der Waals surface area contributed by atoms with Crippen molar-refractivity contribution in [2.75, 3.05) is 18.1 Å². The lowest BCUT2D eigenvalue weighted by atomic mass is 10.1. The number of carbonyl (C=O) groups is 1. The molecule has 0 N–H and O–H groups in total. The topological polar surface area (TPSA) is 51.1 Å². The molecule has 4 rings (SSSR count). The molecule has 3 aromatic rings. The second-order valence-electron chi connectivity index (χ2n) is 9.09. The van der Waals surface area contributed by atoms with Gasteiger partial charge in [-0.3, -0.25) is 9.69 Å². The van der Waals surface area contributed by atoms with E-state index >= 15 is 0 Å². The van der Waals surface area contributed by atoms with Crippen molar-refractivity contribution in [3.05, 3.63) is 98.4 Å². The Morgan fingerprint density at radius 1 is 1.00 bits per heavy atom. The fraction of sp³-hybridized carbons (Fsp3) is 0.226. The summed E-state index contributed by atoms with van der Waals surface area (Å²) in [6.07, 6.45) is 3.56. The number of halogens is 1. The maximum Gasteiger partial charge on any atom is 0.271 e. The third-order valence-corrected chi connectivity index (χ3v) is 7.53. The SMILES string of the molecule is C=CCOc1c(Br)cc(/C=C2/SC(=Nc3cc(C)ccc3C)N(c3cc(C)ccc3C)C2=O)cc1OCC. The minimum atomic E-state index is -0.117. The number of carbonyl (C=O) groups excluding carboxylic acids is 1. The number of hydrogen-bond donors (Lipinski definition) is 0. The van der Waals surface area contributed by atoms with Gasteiger partial charge in [-0.2, -0.15) is 0 Å². The molecule has 0 atom stereocenters. The van der Waals surface area contributed by atoms with Gasteiger partial charge in [0.15, 0.2) is 16.7 Å². The molecule has 196 valence electrons. The highest BCUT2D eigenvalue weighted by atomic mass is 79.9. The summed E-state index contributed by atoms with van der Waals surface area (Å²) in [6.45, 7) is 14.6. The Morgan fingerprint density at radius 2 is 1.71 bits per heavy atom. The van der Waals surface area contributed by atoms with Crippen molar-refractivity contribution in [2.45, 2.75) is 34.6 Å². The Morgan fingerprint density at radius 3 is 2.42 bits per heavy atom. The van der Waals surface area contributed by atoms with E-state index in [9.17, 15) is 4.79 Å². The Kier molecular flexibility index (Phi) is 8.80. The van der Waals surface area contributed by atoms with E-state index in [-0.39, 0.29) is 5.91 Å². The van der Waals surface area contributed by atoms with Crippen LogP contribution in [0.25, 0.3) is 6.08 Å². The largest absolute Gasteiger partial charge is 0.490 e. The minimum absolute atomic E-state index is 0.117.